The summed E-state index contributed by atoms with van der Waals surface area (Å²) < 4.78 is 26.6. The largest absolute Gasteiger partial charge is 0.350 e. The van der Waals surface area contributed by atoms with Crippen molar-refractivity contribution in [2.45, 2.75) is 17.9 Å². The zero-order valence-corrected chi connectivity index (χ0v) is 12.4. The topological polar surface area (TPSA) is 78.5 Å². The van der Waals surface area contributed by atoms with Gasteiger partial charge in [-0.3, -0.25) is 0 Å². The number of halogens is 1. The minimum absolute atomic E-state index is 0.0168. The molecule has 8 heteroatoms. The maximum atomic E-state index is 12.1. The molecular formula is C11H12BrN3O3S. The van der Waals surface area contributed by atoms with E-state index in [1.165, 1.54) is 11.1 Å². The summed E-state index contributed by atoms with van der Waals surface area (Å²) in [6, 6.07) is 5.35. The number of carbonyl (C=O) groups excluding carboxylic acids is 1. The molecule has 1 heterocycles. The van der Waals surface area contributed by atoms with E-state index in [-0.39, 0.29) is 10.9 Å². The molecule has 0 spiro atoms. The lowest BCUT2D eigenvalue weighted by Gasteiger charge is -2.21. The van der Waals surface area contributed by atoms with Crippen molar-refractivity contribution < 1.29 is 13.2 Å². The number of amides is 2. The average Bonchev–Trinajstić information content (AvgIpc) is 2.75. The van der Waals surface area contributed by atoms with E-state index in [4.69, 9.17) is 0 Å². The van der Waals surface area contributed by atoms with E-state index in [0.29, 0.717) is 4.47 Å². The van der Waals surface area contributed by atoms with E-state index >= 15 is 0 Å². The van der Waals surface area contributed by atoms with Crippen molar-refractivity contribution in [3.63, 3.8) is 0 Å². The average molecular weight is 346 g/mol. The highest BCUT2D eigenvalue weighted by molar-refractivity contribution is 9.10. The fraction of sp³-hybridized carbons (Fsp3) is 0.182. The molecule has 0 aromatic heterocycles. The molecule has 2 amide bonds. The third kappa shape index (κ3) is 2.90. The number of hydrogen-bond donors (Lipinski definition) is 2. The molecule has 1 atom stereocenters. The molecule has 0 radical (unpaired) electrons. The molecular weight excluding hydrogens is 334 g/mol. The first-order valence-corrected chi connectivity index (χ1v) is 7.73. The Kier molecular flexibility index (Phi) is 3.81. The summed E-state index contributed by atoms with van der Waals surface area (Å²) >= 11 is 3.15. The first-order valence-electron chi connectivity index (χ1n) is 5.45. The molecule has 0 saturated heterocycles. The Morgan fingerprint density at radius 2 is 2.11 bits per heavy atom. The van der Waals surface area contributed by atoms with E-state index in [0.717, 1.165) is 0 Å². The van der Waals surface area contributed by atoms with Crippen molar-refractivity contribution in [1.82, 2.24) is 15.2 Å². The van der Waals surface area contributed by atoms with Crippen LogP contribution in [0.15, 0.2) is 45.9 Å². The minimum atomic E-state index is -3.91. The Balaban J connectivity index is 2.19. The van der Waals surface area contributed by atoms with Gasteiger partial charge in [-0.25, -0.2) is 22.9 Å². The molecule has 1 aromatic rings. The Morgan fingerprint density at radius 1 is 1.42 bits per heavy atom. The lowest BCUT2D eigenvalue weighted by Crippen LogP contribution is -2.49. The van der Waals surface area contributed by atoms with E-state index < -0.39 is 16.1 Å². The van der Waals surface area contributed by atoms with Crippen molar-refractivity contribution in [1.29, 1.82) is 0 Å². The SMILES string of the molecule is CC1C=CNN1C(=O)NS(=O)(=O)c1ccccc1Br. The molecule has 1 aliphatic heterocycles. The second kappa shape index (κ2) is 5.22. The second-order valence-electron chi connectivity index (χ2n) is 3.94. The summed E-state index contributed by atoms with van der Waals surface area (Å²) in [6.07, 6.45) is 3.32. The van der Waals surface area contributed by atoms with Gasteiger partial charge in [0.15, 0.2) is 0 Å². The molecule has 0 aliphatic carbocycles. The van der Waals surface area contributed by atoms with Gasteiger partial charge in [0.2, 0.25) is 0 Å². The van der Waals surface area contributed by atoms with E-state index in [9.17, 15) is 13.2 Å². The van der Waals surface area contributed by atoms with Gasteiger partial charge < -0.3 is 5.43 Å². The molecule has 1 aromatic carbocycles. The maximum absolute atomic E-state index is 12.1. The number of sulfonamides is 1. The molecule has 102 valence electrons. The highest BCUT2D eigenvalue weighted by Gasteiger charge is 2.27. The third-order valence-electron chi connectivity index (χ3n) is 2.56. The minimum Gasteiger partial charge on any atom is -0.302 e. The molecule has 0 saturated carbocycles. The molecule has 0 bridgehead atoms. The van der Waals surface area contributed by atoms with Crippen LogP contribution in [0, 0.1) is 0 Å². The van der Waals surface area contributed by atoms with Crippen LogP contribution in [0.5, 0.6) is 0 Å². The Labute approximate surface area is 119 Å². The smallest absolute Gasteiger partial charge is 0.302 e. The van der Waals surface area contributed by atoms with Gasteiger partial charge in [-0.05, 0) is 41.1 Å². The first kappa shape index (κ1) is 13.9. The predicted molar refractivity (Wildman–Crippen MR) is 73.4 cm³/mol. The summed E-state index contributed by atoms with van der Waals surface area (Å²) in [5.74, 6) is 0. The zero-order valence-electron chi connectivity index (χ0n) is 10.00. The Hall–Kier alpha value is -1.54. The summed E-state index contributed by atoms with van der Waals surface area (Å²) in [5, 5.41) is 1.19. The summed E-state index contributed by atoms with van der Waals surface area (Å²) in [5.41, 5.74) is 2.66. The summed E-state index contributed by atoms with van der Waals surface area (Å²) in [7, 11) is -3.91. The fourth-order valence-electron chi connectivity index (χ4n) is 1.59. The number of nitrogens with zero attached hydrogens (tertiary/aromatic N) is 1. The van der Waals surface area contributed by atoms with Crippen LogP contribution in [-0.4, -0.2) is 25.5 Å². The predicted octanol–water partition coefficient (Wildman–Crippen LogP) is 1.57. The van der Waals surface area contributed by atoms with Crippen molar-refractivity contribution in [3.05, 3.63) is 41.0 Å². The maximum Gasteiger partial charge on any atom is 0.350 e. The zero-order chi connectivity index (χ0) is 14.0. The van der Waals surface area contributed by atoms with E-state index in [1.54, 1.807) is 37.4 Å². The number of rotatable bonds is 2. The summed E-state index contributed by atoms with van der Waals surface area (Å²) in [6.45, 7) is 1.77. The first-order chi connectivity index (χ1) is 8.92. The molecule has 6 nitrogen and oxygen atoms in total. The highest BCUT2D eigenvalue weighted by atomic mass is 79.9. The van der Waals surface area contributed by atoms with Gasteiger partial charge in [0.05, 0.1) is 6.04 Å². The molecule has 1 aliphatic rings. The van der Waals surface area contributed by atoms with Crippen LogP contribution in [0.1, 0.15) is 6.92 Å². The van der Waals surface area contributed by atoms with Gasteiger partial charge in [0.1, 0.15) is 4.90 Å². The number of carbonyl (C=O) groups is 1. The number of nitrogens with one attached hydrogen (secondary N) is 2. The summed E-state index contributed by atoms with van der Waals surface area (Å²) in [4.78, 5) is 11.9. The van der Waals surface area contributed by atoms with Crippen molar-refractivity contribution in [3.8, 4) is 0 Å². The third-order valence-corrected chi connectivity index (χ3v) is 4.89. The van der Waals surface area contributed by atoms with Crippen molar-refractivity contribution >= 4 is 32.0 Å². The number of urea groups is 1. The van der Waals surface area contributed by atoms with Gasteiger partial charge in [-0.1, -0.05) is 12.1 Å². The normalized spacial score (nSPS) is 18.2. The van der Waals surface area contributed by atoms with Crippen LogP contribution in [-0.2, 0) is 10.0 Å². The van der Waals surface area contributed by atoms with Gasteiger partial charge in [-0.2, -0.15) is 0 Å². The highest BCUT2D eigenvalue weighted by Crippen LogP contribution is 2.21. The Morgan fingerprint density at radius 3 is 2.68 bits per heavy atom. The number of hydrazine groups is 1. The van der Waals surface area contributed by atoms with Crippen LogP contribution in [0.3, 0.4) is 0 Å². The van der Waals surface area contributed by atoms with Crippen LogP contribution in [0.2, 0.25) is 0 Å². The molecule has 19 heavy (non-hydrogen) atoms. The van der Waals surface area contributed by atoms with Crippen LogP contribution >= 0.6 is 15.9 Å². The van der Waals surface area contributed by atoms with Gasteiger partial charge >= 0.3 is 6.03 Å². The quantitative estimate of drug-likeness (QED) is 0.852. The van der Waals surface area contributed by atoms with Crippen LogP contribution in [0.4, 0.5) is 4.79 Å². The van der Waals surface area contributed by atoms with Crippen molar-refractivity contribution in [2.24, 2.45) is 0 Å². The standard InChI is InChI=1S/C11H12BrN3O3S/c1-8-6-7-13-15(8)11(16)14-19(17,18)10-5-3-2-4-9(10)12/h2-8,13H,1H3,(H,14,16). The van der Waals surface area contributed by atoms with Gasteiger partial charge in [0.25, 0.3) is 10.0 Å². The Bertz CT molecular complexity index is 630. The number of benzene rings is 1. The molecule has 2 rings (SSSR count). The van der Waals surface area contributed by atoms with E-state index in [1.807, 2.05) is 4.72 Å². The lowest BCUT2D eigenvalue weighted by atomic mass is 10.3. The van der Waals surface area contributed by atoms with Gasteiger partial charge in [0, 0.05) is 10.7 Å². The fourth-order valence-corrected chi connectivity index (χ4v) is 3.54. The van der Waals surface area contributed by atoms with Crippen LogP contribution in [0.25, 0.3) is 0 Å². The molecule has 2 N–H and O–H groups in total. The lowest BCUT2D eigenvalue weighted by molar-refractivity contribution is 0.184. The monoisotopic (exact) mass is 345 g/mol. The number of hydrogen-bond acceptors (Lipinski definition) is 4. The van der Waals surface area contributed by atoms with Crippen molar-refractivity contribution in [2.75, 3.05) is 0 Å². The van der Waals surface area contributed by atoms with Gasteiger partial charge in [-0.15, -0.1) is 0 Å². The molecule has 0 fully saturated rings. The molecule has 1 unspecified atom stereocenters. The van der Waals surface area contributed by atoms with E-state index in [2.05, 4.69) is 21.4 Å². The van der Waals surface area contributed by atoms with Crippen LogP contribution < -0.4 is 10.1 Å². The second-order valence-corrected chi connectivity index (χ2v) is 6.45.